The molecular weight excluding hydrogens is 279 g/mol. The monoisotopic (exact) mass is 316 g/mol. The molecule has 6 aliphatic carbocycles. The van der Waals surface area contributed by atoms with Crippen LogP contribution in [0.5, 0.6) is 0 Å². The summed E-state index contributed by atoms with van der Waals surface area (Å²) in [6.45, 7) is 15.7. The zero-order chi connectivity index (χ0) is 16.7. The van der Waals surface area contributed by atoms with Crippen molar-refractivity contribution in [3.8, 4) is 0 Å². The van der Waals surface area contributed by atoms with Gasteiger partial charge in [0.05, 0.1) is 0 Å². The molecule has 23 heavy (non-hydrogen) atoms. The summed E-state index contributed by atoms with van der Waals surface area (Å²) in [6, 6.07) is 0. The molecular formula is C21H37BO. The SMILES string of the molecule is COB([C@@H]1C[C@H]2C[C@@H]([C@@H]1C)C2(C)C)[C@@H]1C[C@H]2C[C@@H]([C@H]1C)C2(C)C. The molecule has 0 spiro atoms. The van der Waals surface area contributed by atoms with Gasteiger partial charge in [-0.15, -0.1) is 0 Å². The summed E-state index contributed by atoms with van der Waals surface area (Å²) in [5, 5.41) is 0. The van der Waals surface area contributed by atoms with Crippen LogP contribution in [-0.4, -0.2) is 14.0 Å². The van der Waals surface area contributed by atoms with Gasteiger partial charge >= 0.3 is 0 Å². The van der Waals surface area contributed by atoms with E-state index in [-0.39, 0.29) is 0 Å². The molecule has 130 valence electrons. The first-order valence-corrected chi connectivity index (χ1v) is 10.2. The Labute approximate surface area is 144 Å². The Bertz CT molecular complexity index is 442. The minimum Gasteiger partial charge on any atom is -0.438 e. The summed E-state index contributed by atoms with van der Waals surface area (Å²) in [5.74, 6) is 7.10. The lowest BCUT2D eigenvalue weighted by Crippen LogP contribution is -2.60. The molecule has 1 nitrogen and oxygen atoms in total. The summed E-state index contributed by atoms with van der Waals surface area (Å²) in [5.41, 5.74) is 1.19. The number of hydrogen-bond acceptors (Lipinski definition) is 1. The first-order chi connectivity index (χ1) is 10.7. The van der Waals surface area contributed by atoms with Crippen LogP contribution in [0.1, 0.15) is 67.2 Å². The van der Waals surface area contributed by atoms with Crippen molar-refractivity contribution in [1.82, 2.24) is 0 Å². The van der Waals surface area contributed by atoms with Crippen LogP contribution in [0.2, 0.25) is 11.6 Å². The van der Waals surface area contributed by atoms with E-state index in [1.165, 1.54) is 25.7 Å². The zero-order valence-electron chi connectivity index (χ0n) is 16.4. The van der Waals surface area contributed by atoms with Crippen LogP contribution in [0.15, 0.2) is 0 Å². The highest BCUT2D eigenvalue weighted by Gasteiger charge is 2.62. The van der Waals surface area contributed by atoms with E-state index in [1.807, 2.05) is 7.11 Å². The van der Waals surface area contributed by atoms with Crippen LogP contribution >= 0.6 is 0 Å². The quantitative estimate of drug-likeness (QED) is 0.601. The maximum atomic E-state index is 6.24. The van der Waals surface area contributed by atoms with Gasteiger partial charge in [0.15, 0.2) is 0 Å². The van der Waals surface area contributed by atoms with E-state index in [4.69, 9.17) is 4.65 Å². The zero-order valence-corrected chi connectivity index (χ0v) is 16.4. The van der Waals surface area contributed by atoms with Crippen molar-refractivity contribution in [1.29, 1.82) is 0 Å². The normalized spacial score (nSPS) is 52.3. The van der Waals surface area contributed by atoms with Crippen LogP contribution in [0.25, 0.3) is 0 Å². The molecule has 0 N–H and O–H groups in total. The summed E-state index contributed by atoms with van der Waals surface area (Å²) in [6.07, 6.45) is 5.81. The van der Waals surface area contributed by atoms with E-state index >= 15 is 0 Å². The van der Waals surface area contributed by atoms with Crippen molar-refractivity contribution < 1.29 is 4.65 Å². The lowest BCUT2D eigenvalue weighted by Gasteiger charge is -2.65. The Morgan fingerprint density at radius 1 is 0.739 bits per heavy atom. The second-order valence-corrected chi connectivity index (χ2v) is 10.9. The molecule has 6 rings (SSSR count). The van der Waals surface area contributed by atoms with Gasteiger partial charge in [-0.25, -0.2) is 0 Å². The molecule has 0 aromatic rings. The highest BCUT2D eigenvalue weighted by molar-refractivity contribution is 6.55. The topological polar surface area (TPSA) is 9.23 Å². The number of hydrogen-bond donors (Lipinski definition) is 0. The van der Waals surface area contributed by atoms with Gasteiger partial charge in [-0.1, -0.05) is 54.4 Å². The van der Waals surface area contributed by atoms with E-state index in [9.17, 15) is 0 Å². The van der Waals surface area contributed by atoms with Crippen molar-refractivity contribution in [2.24, 2.45) is 46.3 Å². The molecule has 4 bridgehead atoms. The van der Waals surface area contributed by atoms with Crippen LogP contribution in [0.3, 0.4) is 0 Å². The molecule has 0 heterocycles. The highest BCUT2D eigenvalue weighted by atomic mass is 16.4. The number of rotatable bonds is 3. The third kappa shape index (κ3) is 2.03. The van der Waals surface area contributed by atoms with E-state index < -0.39 is 0 Å². The predicted molar refractivity (Wildman–Crippen MR) is 98.6 cm³/mol. The minimum absolute atomic E-state index is 0.516. The summed E-state index contributed by atoms with van der Waals surface area (Å²) in [7, 11) is 2.00. The first kappa shape index (κ1) is 16.5. The molecule has 0 saturated heterocycles. The van der Waals surface area contributed by atoms with Gasteiger partial charge in [0.2, 0.25) is 0 Å². The summed E-state index contributed by atoms with van der Waals surface area (Å²) >= 11 is 0. The summed E-state index contributed by atoms with van der Waals surface area (Å²) in [4.78, 5) is 0. The van der Waals surface area contributed by atoms with Gasteiger partial charge in [0, 0.05) is 7.11 Å². The maximum absolute atomic E-state index is 6.24. The van der Waals surface area contributed by atoms with Crippen molar-refractivity contribution >= 4 is 6.92 Å². The standard InChI is InChI=1S/C21H37BO/c1-12-16-8-14(20(16,3)4)10-18(12)22(23-7)19-11-15-9-17(13(19)2)21(15,5)6/h12-19H,8-11H2,1-7H3/t12-,13+,14-,15-,16+,17+,18-,19-/m1/s1. The van der Waals surface area contributed by atoms with Crippen LogP contribution in [-0.2, 0) is 4.65 Å². The fraction of sp³-hybridized carbons (Fsp3) is 1.00. The third-order valence-corrected chi connectivity index (χ3v) is 9.94. The lowest BCUT2D eigenvalue weighted by molar-refractivity contribution is -0.110. The highest BCUT2D eigenvalue weighted by Crippen LogP contribution is 2.69. The fourth-order valence-electron chi connectivity index (χ4n) is 7.91. The van der Waals surface area contributed by atoms with Crippen LogP contribution < -0.4 is 0 Å². The third-order valence-electron chi connectivity index (χ3n) is 9.94. The molecule has 0 radical (unpaired) electrons. The number of fused-ring (bicyclic) bond motifs is 4. The molecule has 2 heteroatoms. The molecule has 0 aliphatic heterocycles. The van der Waals surface area contributed by atoms with E-state index in [0.717, 1.165) is 47.1 Å². The molecule has 0 aromatic heterocycles. The van der Waals surface area contributed by atoms with E-state index in [0.29, 0.717) is 17.7 Å². The first-order valence-electron chi connectivity index (χ1n) is 10.2. The van der Waals surface area contributed by atoms with Gasteiger partial charge in [0.1, 0.15) is 0 Å². The van der Waals surface area contributed by atoms with Crippen molar-refractivity contribution in [3.63, 3.8) is 0 Å². The minimum atomic E-state index is 0.516. The Balaban J connectivity index is 1.52. The van der Waals surface area contributed by atoms with Gasteiger partial charge in [-0.3, -0.25) is 0 Å². The largest absolute Gasteiger partial charge is 0.438 e. The molecule has 6 fully saturated rings. The smallest absolute Gasteiger partial charge is 0.299 e. The van der Waals surface area contributed by atoms with Gasteiger partial charge in [-0.05, 0) is 70.8 Å². The van der Waals surface area contributed by atoms with E-state index in [1.54, 1.807) is 0 Å². The second kappa shape index (κ2) is 5.02. The Morgan fingerprint density at radius 2 is 1.13 bits per heavy atom. The molecule has 6 aliphatic rings. The second-order valence-electron chi connectivity index (χ2n) is 10.9. The maximum Gasteiger partial charge on any atom is 0.299 e. The molecule has 0 amide bonds. The molecule has 6 saturated carbocycles. The molecule has 0 aromatic carbocycles. The van der Waals surface area contributed by atoms with Gasteiger partial charge in [-0.2, -0.15) is 0 Å². The molecule has 8 atom stereocenters. The Hall–Kier alpha value is 0.0249. The van der Waals surface area contributed by atoms with Crippen molar-refractivity contribution in [2.45, 2.75) is 78.9 Å². The average molecular weight is 316 g/mol. The summed E-state index contributed by atoms with van der Waals surface area (Å²) < 4.78 is 6.24. The lowest BCUT2D eigenvalue weighted by atomic mass is 9.27. The van der Waals surface area contributed by atoms with E-state index in [2.05, 4.69) is 41.5 Å². The fourth-order valence-corrected chi connectivity index (χ4v) is 7.91. The van der Waals surface area contributed by atoms with Crippen LogP contribution in [0.4, 0.5) is 0 Å². The molecule has 0 unspecified atom stereocenters. The van der Waals surface area contributed by atoms with Crippen molar-refractivity contribution in [3.05, 3.63) is 0 Å². The van der Waals surface area contributed by atoms with Crippen LogP contribution in [0, 0.1) is 46.3 Å². The van der Waals surface area contributed by atoms with Crippen molar-refractivity contribution in [2.75, 3.05) is 7.11 Å². The Kier molecular flexibility index (Phi) is 3.60. The predicted octanol–water partition coefficient (Wildman–Crippen LogP) is 5.77. The van der Waals surface area contributed by atoms with Gasteiger partial charge in [0.25, 0.3) is 6.92 Å². The van der Waals surface area contributed by atoms with Gasteiger partial charge < -0.3 is 4.65 Å². The average Bonchev–Trinajstić information content (AvgIpc) is 2.49. The Morgan fingerprint density at radius 3 is 1.39 bits per heavy atom.